The van der Waals surface area contributed by atoms with Crippen LogP contribution in [-0.4, -0.2) is 9.78 Å². The summed E-state index contributed by atoms with van der Waals surface area (Å²) in [5, 5.41) is 4.35. The van der Waals surface area contributed by atoms with Gasteiger partial charge in [-0.3, -0.25) is 4.68 Å². The highest BCUT2D eigenvalue weighted by Crippen LogP contribution is 2.23. The van der Waals surface area contributed by atoms with Gasteiger partial charge in [-0.2, -0.15) is 5.10 Å². The Morgan fingerprint density at radius 1 is 1.10 bits per heavy atom. The van der Waals surface area contributed by atoms with E-state index >= 15 is 0 Å². The van der Waals surface area contributed by atoms with Gasteiger partial charge in [0.2, 0.25) is 0 Å². The van der Waals surface area contributed by atoms with Gasteiger partial charge in [-0.1, -0.05) is 24.3 Å². The number of nitrogens with zero attached hydrogens (tertiary/aromatic N) is 2. The van der Waals surface area contributed by atoms with Gasteiger partial charge in [-0.05, 0) is 67.8 Å². The van der Waals surface area contributed by atoms with Crippen molar-refractivity contribution < 1.29 is 4.39 Å². The first-order valence-corrected chi connectivity index (χ1v) is 8.22. The summed E-state index contributed by atoms with van der Waals surface area (Å²) in [5.41, 5.74) is 3.05. The molecule has 0 N–H and O–H groups in total. The van der Waals surface area contributed by atoms with Crippen molar-refractivity contribution in [1.29, 1.82) is 0 Å². The molecular formula is C16H11BrFIN2. The molecule has 1 aromatic heterocycles. The minimum absolute atomic E-state index is 0.252. The first-order valence-electron chi connectivity index (χ1n) is 6.35. The Morgan fingerprint density at radius 3 is 2.62 bits per heavy atom. The van der Waals surface area contributed by atoms with Gasteiger partial charge in [0.05, 0.1) is 17.2 Å². The zero-order valence-corrected chi connectivity index (χ0v) is 14.7. The number of rotatable bonds is 3. The third kappa shape index (κ3) is 3.35. The SMILES string of the molecule is Fc1cccc(Cn2cc(-c3ccc(I)cc3)cn2)c1Br. The van der Waals surface area contributed by atoms with Crippen LogP contribution in [0.5, 0.6) is 0 Å². The van der Waals surface area contributed by atoms with E-state index in [9.17, 15) is 4.39 Å². The highest BCUT2D eigenvalue weighted by atomic mass is 127. The van der Waals surface area contributed by atoms with E-state index in [1.807, 2.05) is 23.1 Å². The van der Waals surface area contributed by atoms with Crippen molar-refractivity contribution in [2.24, 2.45) is 0 Å². The molecule has 0 amide bonds. The van der Waals surface area contributed by atoms with E-state index in [4.69, 9.17) is 0 Å². The molecule has 0 atom stereocenters. The van der Waals surface area contributed by atoms with Crippen molar-refractivity contribution in [2.75, 3.05) is 0 Å². The third-order valence-corrected chi connectivity index (χ3v) is 4.78. The van der Waals surface area contributed by atoms with Crippen LogP contribution in [0.3, 0.4) is 0 Å². The molecule has 21 heavy (non-hydrogen) atoms. The van der Waals surface area contributed by atoms with Crippen LogP contribution in [0.2, 0.25) is 0 Å². The fourth-order valence-corrected chi connectivity index (χ4v) is 2.84. The van der Waals surface area contributed by atoms with Gasteiger partial charge in [0.25, 0.3) is 0 Å². The van der Waals surface area contributed by atoms with Crippen molar-refractivity contribution in [1.82, 2.24) is 9.78 Å². The van der Waals surface area contributed by atoms with E-state index < -0.39 is 0 Å². The summed E-state index contributed by atoms with van der Waals surface area (Å²) in [4.78, 5) is 0. The molecule has 106 valence electrons. The maximum atomic E-state index is 13.5. The molecule has 0 saturated heterocycles. The molecule has 3 rings (SSSR count). The summed E-state index contributed by atoms with van der Waals surface area (Å²) in [6.45, 7) is 0.530. The minimum atomic E-state index is -0.252. The van der Waals surface area contributed by atoms with Crippen LogP contribution < -0.4 is 0 Å². The standard InChI is InChI=1S/C16H11BrFIN2/c17-16-12(2-1-3-15(16)18)9-21-10-13(8-20-21)11-4-6-14(19)7-5-11/h1-8,10H,9H2. The lowest BCUT2D eigenvalue weighted by molar-refractivity contribution is 0.611. The molecular weight excluding hydrogens is 446 g/mol. The molecule has 0 radical (unpaired) electrons. The number of aromatic nitrogens is 2. The molecule has 0 aliphatic rings. The van der Waals surface area contributed by atoms with E-state index in [0.717, 1.165) is 16.7 Å². The maximum Gasteiger partial charge on any atom is 0.137 e. The summed E-state index contributed by atoms with van der Waals surface area (Å²) in [6, 6.07) is 13.3. The average molecular weight is 457 g/mol. The molecule has 0 fully saturated rings. The maximum absolute atomic E-state index is 13.5. The summed E-state index contributed by atoms with van der Waals surface area (Å²) >= 11 is 5.56. The Kier molecular flexibility index (Phi) is 4.40. The van der Waals surface area contributed by atoms with E-state index in [1.165, 1.54) is 9.64 Å². The first-order chi connectivity index (χ1) is 10.1. The number of halogens is 3. The monoisotopic (exact) mass is 456 g/mol. The Hall–Kier alpha value is -1.21. The molecule has 0 spiro atoms. The molecule has 1 heterocycles. The summed E-state index contributed by atoms with van der Waals surface area (Å²) in [7, 11) is 0. The zero-order chi connectivity index (χ0) is 14.8. The predicted molar refractivity (Wildman–Crippen MR) is 93.6 cm³/mol. The summed E-state index contributed by atoms with van der Waals surface area (Å²) in [5.74, 6) is -0.252. The van der Waals surface area contributed by atoms with Gasteiger partial charge < -0.3 is 0 Å². The van der Waals surface area contributed by atoms with Gasteiger partial charge in [-0.25, -0.2) is 4.39 Å². The number of benzene rings is 2. The molecule has 0 bridgehead atoms. The Balaban J connectivity index is 1.85. The van der Waals surface area contributed by atoms with Crippen molar-refractivity contribution in [3.8, 4) is 11.1 Å². The molecule has 0 saturated carbocycles. The molecule has 0 unspecified atom stereocenters. The smallest absolute Gasteiger partial charge is 0.137 e. The fourth-order valence-electron chi connectivity index (χ4n) is 2.09. The first kappa shape index (κ1) is 14.7. The summed E-state index contributed by atoms with van der Waals surface area (Å²) in [6.07, 6.45) is 3.80. The Morgan fingerprint density at radius 2 is 1.86 bits per heavy atom. The van der Waals surface area contributed by atoms with Crippen LogP contribution in [0.4, 0.5) is 4.39 Å². The fraction of sp³-hybridized carbons (Fsp3) is 0.0625. The van der Waals surface area contributed by atoms with Crippen LogP contribution in [0.1, 0.15) is 5.56 Å². The second-order valence-electron chi connectivity index (χ2n) is 4.65. The molecule has 2 aromatic carbocycles. The van der Waals surface area contributed by atoms with Crippen molar-refractivity contribution >= 4 is 38.5 Å². The zero-order valence-electron chi connectivity index (χ0n) is 10.9. The highest BCUT2D eigenvalue weighted by molar-refractivity contribution is 14.1. The number of hydrogen-bond donors (Lipinski definition) is 0. The number of hydrogen-bond acceptors (Lipinski definition) is 1. The van der Waals surface area contributed by atoms with E-state index in [1.54, 1.807) is 6.07 Å². The van der Waals surface area contributed by atoms with E-state index in [2.05, 4.69) is 67.9 Å². The van der Waals surface area contributed by atoms with Gasteiger partial charge in [0, 0.05) is 15.3 Å². The molecule has 5 heteroatoms. The molecule has 0 aliphatic carbocycles. The van der Waals surface area contributed by atoms with Gasteiger partial charge in [-0.15, -0.1) is 0 Å². The average Bonchev–Trinajstić information content (AvgIpc) is 2.93. The Bertz CT molecular complexity index is 768. The van der Waals surface area contributed by atoms with Crippen molar-refractivity contribution in [3.05, 3.63) is 74.3 Å². The largest absolute Gasteiger partial charge is 0.268 e. The topological polar surface area (TPSA) is 17.8 Å². The molecule has 0 aliphatic heterocycles. The third-order valence-electron chi connectivity index (χ3n) is 3.17. The Labute approximate surface area is 144 Å². The lowest BCUT2D eigenvalue weighted by atomic mass is 10.1. The molecule has 2 nitrogen and oxygen atoms in total. The van der Waals surface area contributed by atoms with Crippen LogP contribution in [-0.2, 0) is 6.54 Å². The van der Waals surface area contributed by atoms with Gasteiger partial charge in [0.1, 0.15) is 5.82 Å². The molecule has 3 aromatic rings. The second-order valence-corrected chi connectivity index (χ2v) is 6.69. The highest BCUT2D eigenvalue weighted by Gasteiger charge is 2.07. The van der Waals surface area contributed by atoms with Gasteiger partial charge in [0.15, 0.2) is 0 Å². The second kappa shape index (κ2) is 6.27. The van der Waals surface area contributed by atoms with Gasteiger partial charge >= 0.3 is 0 Å². The predicted octanol–water partition coefficient (Wildman–Crippen LogP) is 5.10. The minimum Gasteiger partial charge on any atom is -0.268 e. The van der Waals surface area contributed by atoms with E-state index in [0.29, 0.717) is 11.0 Å². The lowest BCUT2D eigenvalue weighted by Gasteiger charge is -2.05. The van der Waals surface area contributed by atoms with Crippen molar-refractivity contribution in [3.63, 3.8) is 0 Å². The quantitative estimate of drug-likeness (QED) is 0.501. The lowest BCUT2D eigenvalue weighted by Crippen LogP contribution is -2.01. The van der Waals surface area contributed by atoms with Crippen LogP contribution in [0, 0.1) is 9.39 Å². The van der Waals surface area contributed by atoms with Crippen LogP contribution in [0.15, 0.2) is 59.3 Å². The summed E-state index contributed by atoms with van der Waals surface area (Å²) < 4.78 is 17.0. The normalized spacial score (nSPS) is 10.8. The van der Waals surface area contributed by atoms with E-state index in [-0.39, 0.29) is 5.82 Å². The van der Waals surface area contributed by atoms with Crippen LogP contribution in [0.25, 0.3) is 11.1 Å². The van der Waals surface area contributed by atoms with Crippen LogP contribution >= 0.6 is 38.5 Å². The van der Waals surface area contributed by atoms with Crippen molar-refractivity contribution in [2.45, 2.75) is 6.54 Å².